The predicted molar refractivity (Wildman–Crippen MR) is 132 cm³/mol. The Hall–Kier alpha value is -4.52. The number of hydrogen-bond acceptors (Lipinski definition) is 3. The lowest BCUT2D eigenvalue weighted by atomic mass is 10.1. The molecular weight excluding hydrogens is 428 g/mol. The largest absolute Gasteiger partial charge is 0.459 e. The van der Waals surface area contributed by atoms with Crippen molar-refractivity contribution in [3.05, 3.63) is 102 Å². The van der Waals surface area contributed by atoms with Crippen molar-refractivity contribution in [3.63, 3.8) is 0 Å². The first kappa shape index (κ1) is 21.3. The van der Waals surface area contributed by atoms with Gasteiger partial charge < -0.3 is 24.6 Å². The Morgan fingerprint density at radius 1 is 1.03 bits per heavy atom. The van der Waals surface area contributed by atoms with Crippen LogP contribution in [0.25, 0.3) is 27.9 Å². The molecule has 0 aliphatic rings. The van der Waals surface area contributed by atoms with Gasteiger partial charge in [-0.2, -0.15) is 0 Å². The van der Waals surface area contributed by atoms with Crippen LogP contribution in [0.15, 0.2) is 89.4 Å². The highest BCUT2D eigenvalue weighted by Gasteiger charge is 2.17. The van der Waals surface area contributed by atoms with Crippen molar-refractivity contribution >= 4 is 39.7 Å². The molecule has 3 heterocycles. The first-order valence-corrected chi connectivity index (χ1v) is 11.0. The monoisotopic (exact) mass is 452 g/mol. The number of carbonyl (C=O) groups is 2. The molecule has 170 valence electrons. The molecule has 0 saturated carbocycles. The van der Waals surface area contributed by atoms with Crippen molar-refractivity contribution in [2.24, 2.45) is 7.05 Å². The second-order valence-electron chi connectivity index (χ2n) is 8.07. The lowest BCUT2D eigenvalue weighted by Crippen LogP contribution is -2.35. The molecule has 5 aromatic rings. The maximum Gasteiger partial charge on any atom is 0.291 e. The average molecular weight is 453 g/mol. The van der Waals surface area contributed by atoms with Gasteiger partial charge in [-0.15, -0.1) is 0 Å². The highest BCUT2D eigenvalue weighted by Crippen LogP contribution is 2.22. The second kappa shape index (κ2) is 9.15. The van der Waals surface area contributed by atoms with Crippen LogP contribution in [0.2, 0.25) is 0 Å². The summed E-state index contributed by atoms with van der Waals surface area (Å²) in [5.41, 5.74) is 4.20. The standard InChI is InChI=1S/C27H24N4O3/c1-31-17-19(21-8-3-5-10-24(21)31)15-23(30-27(33)25-11-6-14-34-25)26(32)28-13-12-18-16-29-22-9-4-2-7-20(18)22/h2-11,14-17,29H,12-13H2,1H3,(H,28,32)(H,30,33). The van der Waals surface area contributed by atoms with Gasteiger partial charge in [0.05, 0.1) is 6.26 Å². The van der Waals surface area contributed by atoms with Crippen molar-refractivity contribution in [1.29, 1.82) is 0 Å². The summed E-state index contributed by atoms with van der Waals surface area (Å²) in [4.78, 5) is 29.0. The van der Waals surface area contributed by atoms with Crippen LogP contribution in [-0.4, -0.2) is 27.9 Å². The van der Waals surface area contributed by atoms with E-state index in [4.69, 9.17) is 4.42 Å². The van der Waals surface area contributed by atoms with Gasteiger partial charge >= 0.3 is 0 Å². The fraction of sp³-hybridized carbons (Fsp3) is 0.111. The average Bonchev–Trinajstić information content (AvgIpc) is 3.59. The van der Waals surface area contributed by atoms with E-state index in [9.17, 15) is 9.59 Å². The van der Waals surface area contributed by atoms with Gasteiger partial charge in [0.1, 0.15) is 5.70 Å². The third-order valence-corrected chi connectivity index (χ3v) is 5.82. The fourth-order valence-electron chi connectivity index (χ4n) is 4.14. The van der Waals surface area contributed by atoms with Crippen molar-refractivity contribution < 1.29 is 14.0 Å². The lowest BCUT2D eigenvalue weighted by Gasteiger charge is -2.10. The zero-order chi connectivity index (χ0) is 23.5. The number of nitrogens with zero attached hydrogens (tertiary/aromatic N) is 1. The molecule has 0 aliphatic heterocycles. The lowest BCUT2D eigenvalue weighted by molar-refractivity contribution is -0.117. The molecule has 0 bridgehead atoms. The minimum atomic E-state index is -0.483. The minimum absolute atomic E-state index is 0.135. The zero-order valence-corrected chi connectivity index (χ0v) is 18.7. The fourth-order valence-corrected chi connectivity index (χ4v) is 4.14. The molecule has 34 heavy (non-hydrogen) atoms. The molecule has 7 nitrogen and oxygen atoms in total. The molecule has 2 amide bonds. The third kappa shape index (κ3) is 4.23. The minimum Gasteiger partial charge on any atom is -0.459 e. The Morgan fingerprint density at radius 3 is 2.65 bits per heavy atom. The molecule has 2 aromatic carbocycles. The highest BCUT2D eigenvalue weighted by atomic mass is 16.3. The summed E-state index contributed by atoms with van der Waals surface area (Å²) in [5.74, 6) is -0.716. The number of rotatable bonds is 7. The van der Waals surface area contributed by atoms with Crippen LogP contribution in [-0.2, 0) is 18.3 Å². The van der Waals surface area contributed by atoms with Gasteiger partial charge in [0.2, 0.25) is 0 Å². The third-order valence-electron chi connectivity index (χ3n) is 5.82. The van der Waals surface area contributed by atoms with Gasteiger partial charge in [0.25, 0.3) is 11.8 Å². The molecule has 0 unspecified atom stereocenters. The second-order valence-corrected chi connectivity index (χ2v) is 8.07. The van der Waals surface area contributed by atoms with Crippen LogP contribution in [0.5, 0.6) is 0 Å². The van der Waals surface area contributed by atoms with Crippen molar-refractivity contribution in [2.75, 3.05) is 6.54 Å². The van der Waals surface area contributed by atoms with Gasteiger partial charge in [-0.05, 0) is 42.3 Å². The van der Waals surface area contributed by atoms with E-state index in [1.165, 1.54) is 6.26 Å². The zero-order valence-electron chi connectivity index (χ0n) is 18.7. The van der Waals surface area contributed by atoms with E-state index < -0.39 is 5.91 Å². The molecule has 0 aliphatic carbocycles. The Kier molecular flexibility index (Phi) is 5.74. The summed E-state index contributed by atoms with van der Waals surface area (Å²) in [7, 11) is 1.95. The van der Waals surface area contributed by atoms with Crippen LogP contribution in [0.1, 0.15) is 21.7 Å². The number of fused-ring (bicyclic) bond motifs is 2. The number of para-hydroxylation sites is 2. The Bertz CT molecular complexity index is 1510. The summed E-state index contributed by atoms with van der Waals surface area (Å²) in [6, 6.07) is 19.1. The van der Waals surface area contributed by atoms with Crippen LogP contribution in [0.4, 0.5) is 0 Å². The Balaban J connectivity index is 1.38. The van der Waals surface area contributed by atoms with Crippen LogP contribution < -0.4 is 10.6 Å². The summed E-state index contributed by atoms with van der Waals surface area (Å²) >= 11 is 0. The van der Waals surface area contributed by atoms with Crippen molar-refractivity contribution in [3.8, 4) is 0 Å². The number of amides is 2. The number of hydrogen-bond donors (Lipinski definition) is 3. The maximum atomic E-state index is 13.1. The van der Waals surface area contributed by atoms with Crippen LogP contribution in [0.3, 0.4) is 0 Å². The van der Waals surface area contributed by atoms with Crippen molar-refractivity contribution in [1.82, 2.24) is 20.2 Å². The van der Waals surface area contributed by atoms with Crippen molar-refractivity contribution in [2.45, 2.75) is 6.42 Å². The number of aromatic amines is 1. The molecule has 3 aromatic heterocycles. The first-order chi connectivity index (χ1) is 16.6. The van der Waals surface area contributed by atoms with E-state index in [1.807, 2.05) is 66.5 Å². The molecule has 0 fully saturated rings. The first-order valence-electron chi connectivity index (χ1n) is 11.0. The quantitative estimate of drug-likeness (QED) is 0.320. The van der Waals surface area contributed by atoms with E-state index in [-0.39, 0.29) is 17.4 Å². The molecule has 0 atom stereocenters. The maximum absolute atomic E-state index is 13.1. The number of nitrogens with one attached hydrogen (secondary N) is 3. The van der Waals surface area contributed by atoms with Gasteiger partial charge in [-0.25, -0.2) is 0 Å². The van der Waals surface area contributed by atoms with Gasteiger partial charge in [-0.1, -0.05) is 36.4 Å². The number of aromatic nitrogens is 2. The number of furan rings is 1. The summed E-state index contributed by atoms with van der Waals surface area (Å²) in [6.07, 6.45) is 7.67. The molecule has 0 saturated heterocycles. The van der Waals surface area contributed by atoms with E-state index in [0.717, 1.165) is 32.9 Å². The molecular formula is C27H24N4O3. The molecule has 0 spiro atoms. The summed E-state index contributed by atoms with van der Waals surface area (Å²) in [5, 5.41) is 7.78. The Morgan fingerprint density at radius 2 is 1.82 bits per heavy atom. The predicted octanol–water partition coefficient (Wildman–Crippen LogP) is 4.38. The van der Waals surface area contributed by atoms with E-state index >= 15 is 0 Å². The number of H-pyrrole nitrogens is 1. The van der Waals surface area contributed by atoms with Gasteiger partial charge in [0.15, 0.2) is 5.76 Å². The number of aryl methyl sites for hydroxylation is 1. The SMILES string of the molecule is Cn1cc(C=C(NC(=O)c2ccco2)C(=O)NCCc2c[nH]c3ccccc23)c2ccccc21. The number of benzene rings is 2. The highest BCUT2D eigenvalue weighted by molar-refractivity contribution is 6.05. The van der Waals surface area contributed by atoms with Crippen LogP contribution in [0, 0.1) is 0 Å². The molecule has 7 heteroatoms. The molecule has 3 N–H and O–H groups in total. The topological polar surface area (TPSA) is 92.1 Å². The normalized spacial score (nSPS) is 11.7. The summed E-state index contributed by atoms with van der Waals surface area (Å²) in [6.45, 7) is 0.421. The summed E-state index contributed by atoms with van der Waals surface area (Å²) < 4.78 is 7.18. The number of carbonyl (C=O) groups excluding carboxylic acids is 2. The smallest absolute Gasteiger partial charge is 0.291 e. The van der Waals surface area contributed by atoms with E-state index in [2.05, 4.69) is 21.7 Å². The Labute approximate surface area is 196 Å². The van der Waals surface area contributed by atoms with Gasteiger partial charge in [-0.3, -0.25) is 9.59 Å². The molecule has 0 radical (unpaired) electrons. The van der Waals surface area contributed by atoms with Crippen LogP contribution >= 0.6 is 0 Å². The van der Waals surface area contributed by atoms with E-state index in [0.29, 0.717) is 13.0 Å². The van der Waals surface area contributed by atoms with E-state index in [1.54, 1.807) is 18.2 Å². The molecule has 5 rings (SSSR count). The van der Waals surface area contributed by atoms with Gasteiger partial charge in [0, 0.05) is 53.4 Å².